The van der Waals surface area contributed by atoms with Crippen LogP contribution in [0.3, 0.4) is 0 Å². The zero-order valence-electron chi connectivity index (χ0n) is 6.96. The maximum atomic E-state index is 5.58. The summed E-state index contributed by atoms with van der Waals surface area (Å²) in [6.45, 7) is 5.24. The van der Waals surface area contributed by atoms with Gasteiger partial charge in [-0.15, -0.1) is 0 Å². The van der Waals surface area contributed by atoms with Gasteiger partial charge in [0.05, 0.1) is 13.2 Å². The maximum Gasteiger partial charge on any atom is 0.108 e. The van der Waals surface area contributed by atoms with Crippen molar-refractivity contribution in [3.8, 4) is 0 Å². The summed E-state index contributed by atoms with van der Waals surface area (Å²) >= 11 is 0. The van der Waals surface area contributed by atoms with Gasteiger partial charge in [0.1, 0.15) is 6.23 Å². The van der Waals surface area contributed by atoms with Crippen LogP contribution in [0.2, 0.25) is 0 Å². The molecular formula is C7H17NO2. The van der Waals surface area contributed by atoms with Crippen molar-refractivity contribution >= 4 is 0 Å². The van der Waals surface area contributed by atoms with Crippen LogP contribution < -0.4 is 5.73 Å². The van der Waals surface area contributed by atoms with Crippen molar-refractivity contribution in [1.29, 1.82) is 0 Å². The zero-order chi connectivity index (χ0) is 7.98. The van der Waals surface area contributed by atoms with Crippen LogP contribution in [0.5, 0.6) is 0 Å². The lowest BCUT2D eigenvalue weighted by atomic mass is 10.2. The number of rotatable bonds is 5. The lowest BCUT2D eigenvalue weighted by Crippen LogP contribution is -2.30. The van der Waals surface area contributed by atoms with Crippen molar-refractivity contribution in [2.75, 3.05) is 20.3 Å². The Morgan fingerprint density at radius 1 is 1.30 bits per heavy atom. The minimum atomic E-state index is -0.157. The Balaban J connectivity index is 3.13. The van der Waals surface area contributed by atoms with E-state index in [1.807, 2.05) is 13.8 Å². The number of hydrogen-bond donors (Lipinski definition) is 1. The Hall–Kier alpha value is -0.120. The summed E-state index contributed by atoms with van der Waals surface area (Å²) in [7, 11) is 1.64. The van der Waals surface area contributed by atoms with Crippen molar-refractivity contribution in [2.24, 2.45) is 11.7 Å². The Bertz CT molecular complexity index is 76.0. The molecule has 2 N–H and O–H groups in total. The molecule has 0 radical (unpaired) electrons. The van der Waals surface area contributed by atoms with Gasteiger partial charge in [-0.1, -0.05) is 13.8 Å². The van der Waals surface area contributed by atoms with Gasteiger partial charge in [-0.25, -0.2) is 0 Å². The third-order valence-corrected chi connectivity index (χ3v) is 1.25. The number of hydrogen-bond acceptors (Lipinski definition) is 3. The van der Waals surface area contributed by atoms with Gasteiger partial charge in [-0.05, 0) is 5.92 Å². The van der Waals surface area contributed by atoms with Crippen molar-refractivity contribution in [3.05, 3.63) is 0 Å². The Morgan fingerprint density at radius 3 is 2.30 bits per heavy atom. The summed E-state index contributed by atoms with van der Waals surface area (Å²) in [4.78, 5) is 0. The maximum absolute atomic E-state index is 5.58. The first kappa shape index (κ1) is 9.88. The smallest absolute Gasteiger partial charge is 0.108 e. The molecular weight excluding hydrogens is 130 g/mol. The van der Waals surface area contributed by atoms with E-state index in [0.717, 1.165) is 0 Å². The zero-order valence-corrected chi connectivity index (χ0v) is 6.96. The molecule has 0 aromatic heterocycles. The molecule has 0 saturated carbocycles. The summed E-state index contributed by atoms with van der Waals surface area (Å²) in [6, 6.07) is 0. The molecule has 3 nitrogen and oxygen atoms in total. The molecule has 62 valence electrons. The van der Waals surface area contributed by atoms with Crippen LogP contribution in [0.15, 0.2) is 0 Å². The second-order valence-electron chi connectivity index (χ2n) is 2.57. The van der Waals surface area contributed by atoms with Crippen molar-refractivity contribution in [2.45, 2.75) is 20.1 Å². The average Bonchev–Trinajstić information content (AvgIpc) is 1.88. The standard InChI is InChI=1S/C7H17NO2/c1-6(2)7(8)10-5-4-9-3/h6-7H,4-5,8H2,1-3H3. The lowest BCUT2D eigenvalue weighted by Gasteiger charge is -2.15. The van der Waals surface area contributed by atoms with E-state index in [9.17, 15) is 0 Å². The van der Waals surface area contributed by atoms with E-state index in [1.54, 1.807) is 7.11 Å². The fraction of sp³-hybridized carbons (Fsp3) is 1.00. The molecule has 0 heterocycles. The molecule has 0 aliphatic heterocycles. The van der Waals surface area contributed by atoms with Gasteiger partial charge < -0.3 is 15.2 Å². The summed E-state index contributed by atoms with van der Waals surface area (Å²) in [5.74, 6) is 0.372. The van der Waals surface area contributed by atoms with E-state index in [0.29, 0.717) is 19.1 Å². The third-order valence-electron chi connectivity index (χ3n) is 1.25. The Labute approximate surface area is 62.5 Å². The summed E-state index contributed by atoms with van der Waals surface area (Å²) in [6.07, 6.45) is -0.157. The van der Waals surface area contributed by atoms with Crippen LogP contribution in [0.4, 0.5) is 0 Å². The molecule has 0 aliphatic carbocycles. The molecule has 0 amide bonds. The number of ether oxygens (including phenoxy) is 2. The molecule has 0 aliphatic rings. The predicted octanol–water partition coefficient (Wildman–Crippen LogP) is 0.590. The van der Waals surface area contributed by atoms with Gasteiger partial charge in [0.25, 0.3) is 0 Å². The minimum Gasteiger partial charge on any atom is -0.382 e. The largest absolute Gasteiger partial charge is 0.382 e. The van der Waals surface area contributed by atoms with Gasteiger partial charge in [-0.2, -0.15) is 0 Å². The SMILES string of the molecule is COCCOC(N)C(C)C. The Kier molecular flexibility index (Phi) is 5.58. The highest BCUT2D eigenvalue weighted by Crippen LogP contribution is 1.98. The van der Waals surface area contributed by atoms with Crippen molar-refractivity contribution in [1.82, 2.24) is 0 Å². The van der Waals surface area contributed by atoms with E-state index in [2.05, 4.69) is 0 Å². The molecule has 0 saturated heterocycles. The topological polar surface area (TPSA) is 44.5 Å². The quantitative estimate of drug-likeness (QED) is 0.457. The molecule has 0 spiro atoms. The van der Waals surface area contributed by atoms with E-state index in [1.165, 1.54) is 0 Å². The monoisotopic (exact) mass is 147 g/mol. The van der Waals surface area contributed by atoms with E-state index >= 15 is 0 Å². The number of methoxy groups -OCH3 is 1. The van der Waals surface area contributed by atoms with Crippen LogP contribution >= 0.6 is 0 Å². The molecule has 1 unspecified atom stereocenters. The van der Waals surface area contributed by atoms with Crippen LogP contribution in [0.1, 0.15) is 13.8 Å². The summed E-state index contributed by atoms with van der Waals surface area (Å²) in [5, 5.41) is 0. The minimum absolute atomic E-state index is 0.157. The predicted molar refractivity (Wildman–Crippen MR) is 40.6 cm³/mol. The molecule has 10 heavy (non-hydrogen) atoms. The van der Waals surface area contributed by atoms with E-state index in [-0.39, 0.29) is 6.23 Å². The first-order valence-electron chi connectivity index (χ1n) is 3.54. The van der Waals surface area contributed by atoms with Gasteiger partial charge in [0.15, 0.2) is 0 Å². The fourth-order valence-electron chi connectivity index (χ4n) is 0.460. The average molecular weight is 147 g/mol. The highest BCUT2D eigenvalue weighted by Gasteiger charge is 2.05. The first-order chi connectivity index (χ1) is 4.68. The van der Waals surface area contributed by atoms with Crippen molar-refractivity contribution in [3.63, 3.8) is 0 Å². The number of nitrogens with two attached hydrogens (primary N) is 1. The highest BCUT2D eigenvalue weighted by atomic mass is 16.5. The molecule has 1 atom stereocenters. The van der Waals surface area contributed by atoms with Crippen molar-refractivity contribution < 1.29 is 9.47 Å². The molecule has 0 bridgehead atoms. The van der Waals surface area contributed by atoms with E-state index in [4.69, 9.17) is 15.2 Å². The summed E-state index contributed by atoms with van der Waals surface area (Å²) < 4.78 is 9.99. The molecule has 0 fully saturated rings. The van der Waals surface area contributed by atoms with Gasteiger partial charge >= 0.3 is 0 Å². The van der Waals surface area contributed by atoms with Crippen LogP contribution in [0.25, 0.3) is 0 Å². The van der Waals surface area contributed by atoms with Crippen LogP contribution in [0, 0.1) is 5.92 Å². The van der Waals surface area contributed by atoms with Gasteiger partial charge in [-0.3, -0.25) is 0 Å². The normalized spacial score (nSPS) is 14.1. The molecule has 0 rings (SSSR count). The molecule has 0 aromatic rings. The van der Waals surface area contributed by atoms with Gasteiger partial charge in [0, 0.05) is 7.11 Å². The van der Waals surface area contributed by atoms with E-state index < -0.39 is 0 Å². The fourth-order valence-corrected chi connectivity index (χ4v) is 0.460. The second-order valence-corrected chi connectivity index (χ2v) is 2.57. The highest BCUT2D eigenvalue weighted by molar-refractivity contribution is 4.51. The lowest BCUT2D eigenvalue weighted by molar-refractivity contribution is -0.00182. The first-order valence-corrected chi connectivity index (χ1v) is 3.54. The third kappa shape index (κ3) is 4.73. The van der Waals surface area contributed by atoms with Crippen LogP contribution in [-0.4, -0.2) is 26.6 Å². The van der Waals surface area contributed by atoms with Crippen LogP contribution in [-0.2, 0) is 9.47 Å². The summed E-state index contributed by atoms with van der Waals surface area (Å²) in [5.41, 5.74) is 5.58. The Morgan fingerprint density at radius 2 is 1.90 bits per heavy atom. The molecule has 0 aromatic carbocycles. The second kappa shape index (κ2) is 5.65. The van der Waals surface area contributed by atoms with Gasteiger partial charge in [0.2, 0.25) is 0 Å². The molecule has 3 heteroatoms.